The van der Waals surface area contributed by atoms with Gasteiger partial charge < -0.3 is 5.32 Å². The molecular formula is C16H22N4O3S2. The number of aromatic nitrogens is 1. The van der Waals surface area contributed by atoms with Crippen molar-refractivity contribution >= 4 is 32.5 Å². The van der Waals surface area contributed by atoms with Gasteiger partial charge in [-0.05, 0) is 12.0 Å². The van der Waals surface area contributed by atoms with Crippen LogP contribution in [0, 0.1) is 0 Å². The number of hydrogen-bond donors (Lipinski definition) is 2. The molecule has 1 aromatic heterocycles. The van der Waals surface area contributed by atoms with E-state index in [-0.39, 0.29) is 6.03 Å². The van der Waals surface area contributed by atoms with Crippen LogP contribution >= 0.6 is 11.3 Å². The van der Waals surface area contributed by atoms with E-state index in [1.165, 1.54) is 21.9 Å². The van der Waals surface area contributed by atoms with Gasteiger partial charge in [0.1, 0.15) is 0 Å². The summed E-state index contributed by atoms with van der Waals surface area (Å²) in [4.78, 5) is 17.1. The molecule has 1 aromatic carbocycles. The van der Waals surface area contributed by atoms with Crippen molar-refractivity contribution in [2.45, 2.75) is 13.3 Å². The molecule has 9 heteroatoms. The second kappa shape index (κ2) is 8.93. The smallest absolute Gasteiger partial charge is 0.321 e. The lowest BCUT2D eigenvalue weighted by atomic mass is 10.2. The van der Waals surface area contributed by atoms with Crippen molar-refractivity contribution in [2.24, 2.45) is 0 Å². The summed E-state index contributed by atoms with van der Waals surface area (Å²) in [6.45, 7) is 2.97. The normalized spacial score (nSPS) is 11.5. The number of benzene rings is 1. The fraction of sp³-hybridized carbons (Fsp3) is 0.375. The van der Waals surface area contributed by atoms with Crippen LogP contribution in [0.25, 0.3) is 10.4 Å². The highest BCUT2D eigenvalue weighted by Crippen LogP contribution is 2.28. The van der Waals surface area contributed by atoms with E-state index in [0.717, 1.165) is 10.4 Å². The van der Waals surface area contributed by atoms with Crippen LogP contribution in [0.5, 0.6) is 0 Å². The molecule has 0 fully saturated rings. The number of sulfonamides is 1. The fourth-order valence-corrected chi connectivity index (χ4v) is 3.97. The SMILES string of the molecule is CCN(CCCNC(=O)Nc1ncc(-c2ccccc2)s1)S(C)(=O)=O. The summed E-state index contributed by atoms with van der Waals surface area (Å²) < 4.78 is 24.3. The molecule has 7 nitrogen and oxygen atoms in total. The largest absolute Gasteiger partial charge is 0.338 e. The molecule has 0 aliphatic rings. The summed E-state index contributed by atoms with van der Waals surface area (Å²) in [7, 11) is -3.19. The third-order valence-corrected chi connectivity index (χ3v) is 5.82. The van der Waals surface area contributed by atoms with Gasteiger partial charge in [0.05, 0.1) is 11.1 Å². The predicted molar refractivity (Wildman–Crippen MR) is 101 cm³/mol. The second-order valence-corrected chi connectivity index (χ2v) is 8.40. The number of nitrogens with one attached hydrogen (secondary N) is 2. The maximum atomic E-state index is 11.9. The zero-order valence-corrected chi connectivity index (χ0v) is 15.9. The lowest BCUT2D eigenvalue weighted by Crippen LogP contribution is -2.34. The van der Waals surface area contributed by atoms with Crippen molar-refractivity contribution in [3.05, 3.63) is 36.5 Å². The van der Waals surface area contributed by atoms with Crippen LogP contribution in [0.15, 0.2) is 36.5 Å². The number of hydrogen-bond acceptors (Lipinski definition) is 5. The Hall–Kier alpha value is -1.97. The summed E-state index contributed by atoms with van der Waals surface area (Å²) in [6, 6.07) is 9.46. The summed E-state index contributed by atoms with van der Waals surface area (Å²) in [5.74, 6) is 0. The maximum Gasteiger partial charge on any atom is 0.321 e. The van der Waals surface area contributed by atoms with Crippen LogP contribution in [0.1, 0.15) is 13.3 Å². The molecule has 0 aliphatic carbocycles. The Labute approximate surface area is 152 Å². The minimum Gasteiger partial charge on any atom is -0.338 e. The molecule has 25 heavy (non-hydrogen) atoms. The molecule has 0 spiro atoms. The molecular weight excluding hydrogens is 360 g/mol. The van der Waals surface area contributed by atoms with Gasteiger partial charge in [0, 0.05) is 25.8 Å². The first kappa shape index (κ1) is 19.4. The van der Waals surface area contributed by atoms with Gasteiger partial charge in [0.2, 0.25) is 10.0 Å². The van der Waals surface area contributed by atoms with Crippen LogP contribution in [0.4, 0.5) is 9.93 Å². The Morgan fingerprint density at radius 2 is 2.00 bits per heavy atom. The van der Waals surface area contributed by atoms with E-state index >= 15 is 0 Å². The number of nitrogens with zero attached hydrogens (tertiary/aromatic N) is 2. The van der Waals surface area contributed by atoms with Gasteiger partial charge in [0.15, 0.2) is 5.13 Å². The lowest BCUT2D eigenvalue weighted by Gasteiger charge is -2.17. The number of urea groups is 1. The molecule has 2 N–H and O–H groups in total. The van der Waals surface area contributed by atoms with Gasteiger partial charge in [0.25, 0.3) is 0 Å². The number of anilines is 1. The summed E-state index contributed by atoms with van der Waals surface area (Å²) in [5, 5.41) is 5.91. The Bertz CT molecular complexity index is 791. The Balaban J connectivity index is 1.77. The number of thiazole rings is 1. The van der Waals surface area contributed by atoms with Crippen molar-refractivity contribution in [3.8, 4) is 10.4 Å². The molecule has 0 saturated carbocycles. The summed E-state index contributed by atoms with van der Waals surface area (Å²) in [6.07, 6.45) is 3.45. The van der Waals surface area contributed by atoms with Gasteiger partial charge in [-0.15, -0.1) is 0 Å². The van der Waals surface area contributed by atoms with Crippen LogP contribution in [-0.2, 0) is 10.0 Å². The fourth-order valence-electron chi connectivity index (χ4n) is 2.22. The van der Waals surface area contributed by atoms with E-state index in [4.69, 9.17) is 0 Å². The van der Waals surface area contributed by atoms with Crippen molar-refractivity contribution < 1.29 is 13.2 Å². The molecule has 0 saturated heterocycles. The molecule has 0 aliphatic heterocycles. The van der Waals surface area contributed by atoms with E-state index in [1.807, 2.05) is 30.3 Å². The molecule has 2 amide bonds. The molecule has 1 heterocycles. The average molecular weight is 383 g/mol. The third kappa shape index (κ3) is 6.11. The van der Waals surface area contributed by atoms with Gasteiger partial charge in [-0.3, -0.25) is 5.32 Å². The van der Waals surface area contributed by atoms with Crippen molar-refractivity contribution in [1.82, 2.24) is 14.6 Å². The van der Waals surface area contributed by atoms with Crippen LogP contribution in [-0.4, -0.2) is 49.6 Å². The molecule has 0 bridgehead atoms. The number of amides is 2. The number of carbonyl (C=O) groups is 1. The first-order valence-electron chi connectivity index (χ1n) is 7.91. The Kier molecular flexibility index (Phi) is 6.91. The molecule has 0 unspecified atom stereocenters. The predicted octanol–water partition coefficient (Wildman–Crippen LogP) is 2.60. The van der Waals surface area contributed by atoms with Gasteiger partial charge in [-0.2, -0.15) is 0 Å². The standard InChI is InChI=1S/C16H22N4O3S2/c1-3-20(25(2,22)23)11-7-10-17-15(21)19-16-18-12-14(24-16)13-8-5-4-6-9-13/h4-6,8-9,12H,3,7,10-11H2,1-2H3,(H2,17,18,19,21). The van der Waals surface area contributed by atoms with E-state index in [0.29, 0.717) is 31.2 Å². The topological polar surface area (TPSA) is 91.4 Å². The highest BCUT2D eigenvalue weighted by molar-refractivity contribution is 7.88. The maximum absolute atomic E-state index is 11.9. The van der Waals surface area contributed by atoms with Gasteiger partial charge >= 0.3 is 6.03 Å². The van der Waals surface area contributed by atoms with Crippen molar-refractivity contribution in [2.75, 3.05) is 31.2 Å². The molecule has 2 aromatic rings. The number of carbonyl (C=O) groups excluding carboxylic acids is 1. The van der Waals surface area contributed by atoms with Gasteiger partial charge in [-0.1, -0.05) is 48.6 Å². The monoisotopic (exact) mass is 382 g/mol. The first-order chi connectivity index (χ1) is 11.9. The second-order valence-electron chi connectivity index (χ2n) is 5.38. The van der Waals surface area contributed by atoms with Crippen molar-refractivity contribution in [1.29, 1.82) is 0 Å². The zero-order chi connectivity index (χ0) is 18.3. The molecule has 0 radical (unpaired) electrons. The average Bonchev–Trinajstić information content (AvgIpc) is 3.03. The van der Waals surface area contributed by atoms with E-state index in [1.54, 1.807) is 13.1 Å². The van der Waals surface area contributed by atoms with Gasteiger partial charge in [-0.25, -0.2) is 22.5 Å². The Morgan fingerprint density at radius 3 is 2.64 bits per heavy atom. The number of rotatable bonds is 8. The first-order valence-corrected chi connectivity index (χ1v) is 10.6. The zero-order valence-electron chi connectivity index (χ0n) is 14.2. The molecule has 136 valence electrons. The van der Waals surface area contributed by atoms with E-state index < -0.39 is 10.0 Å². The minimum atomic E-state index is -3.19. The summed E-state index contributed by atoms with van der Waals surface area (Å²) >= 11 is 1.39. The van der Waals surface area contributed by atoms with Crippen LogP contribution in [0.3, 0.4) is 0 Å². The minimum absolute atomic E-state index is 0.351. The van der Waals surface area contributed by atoms with E-state index in [2.05, 4.69) is 15.6 Å². The van der Waals surface area contributed by atoms with Crippen molar-refractivity contribution in [3.63, 3.8) is 0 Å². The lowest BCUT2D eigenvalue weighted by molar-refractivity contribution is 0.251. The highest BCUT2D eigenvalue weighted by Gasteiger charge is 2.13. The highest BCUT2D eigenvalue weighted by atomic mass is 32.2. The molecule has 0 atom stereocenters. The quantitative estimate of drug-likeness (QED) is 0.687. The van der Waals surface area contributed by atoms with E-state index in [9.17, 15) is 13.2 Å². The molecule has 2 rings (SSSR count). The van der Waals surface area contributed by atoms with Crippen LogP contribution < -0.4 is 10.6 Å². The Morgan fingerprint density at radius 1 is 1.28 bits per heavy atom. The summed E-state index contributed by atoms with van der Waals surface area (Å²) in [5.41, 5.74) is 1.05. The third-order valence-electron chi connectivity index (χ3n) is 3.48. The van der Waals surface area contributed by atoms with Crippen LogP contribution in [0.2, 0.25) is 0 Å².